The van der Waals surface area contributed by atoms with Crippen LogP contribution < -0.4 is 10.6 Å². The molecule has 2 rings (SSSR count). The number of benzene rings is 2. The van der Waals surface area contributed by atoms with Crippen molar-refractivity contribution in [2.45, 2.75) is 6.42 Å². The van der Waals surface area contributed by atoms with E-state index in [0.29, 0.717) is 11.1 Å². The molecule has 0 bridgehead atoms. The average Bonchev–Trinajstić information content (AvgIpc) is 2.58. The fourth-order valence-corrected chi connectivity index (χ4v) is 2.15. The Morgan fingerprint density at radius 3 is 2.20 bits per heavy atom. The Balaban J connectivity index is 1.77. The molecule has 2 N–H and O–H groups in total. The number of hydrogen-bond acceptors (Lipinski definition) is 2. The van der Waals surface area contributed by atoms with Crippen molar-refractivity contribution >= 4 is 23.4 Å². The number of nitrogens with one attached hydrogen (secondary N) is 2. The minimum Gasteiger partial charge on any atom is -0.354 e. The summed E-state index contributed by atoms with van der Waals surface area (Å²) in [7, 11) is 0. The second-order valence-corrected chi connectivity index (χ2v) is 5.57. The molecule has 0 heterocycles. The number of carbonyl (C=O) groups excluding carboxylic acids is 2. The van der Waals surface area contributed by atoms with Crippen LogP contribution in [0, 0.1) is 17.5 Å². The van der Waals surface area contributed by atoms with Gasteiger partial charge in [-0.2, -0.15) is 0 Å². The highest BCUT2D eigenvalue weighted by Crippen LogP contribution is 2.14. The maximum Gasteiger partial charge on any atom is 0.254 e. The molecular formula is C17H14ClF3N2O2. The molecule has 0 aliphatic carbocycles. The van der Waals surface area contributed by atoms with Gasteiger partial charge in [-0.05, 0) is 29.8 Å². The second kappa shape index (κ2) is 8.53. The van der Waals surface area contributed by atoms with Crippen LogP contribution in [0.5, 0.6) is 0 Å². The van der Waals surface area contributed by atoms with E-state index in [1.807, 2.05) is 0 Å². The summed E-state index contributed by atoms with van der Waals surface area (Å²) in [4.78, 5) is 23.5. The molecule has 2 amide bonds. The molecule has 0 atom stereocenters. The van der Waals surface area contributed by atoms with Crippen LogP contribution in [0.1, 0.15) is 15.9 Å². The molecule has 2 aromatic rings. The minimum atomic E-state index is -1.70. The molecule has 0 aliphatic heterocycles. The molecule has 0 aliphatic rings. The van der Waals surface area contributed by atoms with Gasteiger partial charge in [-0.1, -0.05) is 23.7 Å². The summed E-state index contributed by atoms with van der Waals surface area (Å²) in [6, 6.07) is 8.29. The van der Waals surface area contributed by atoms with Crippen LogP contribution in [0.2, 0.25) is 5.02 Å². The Bertz CT molecular complexity index is 782. The molecule has 132 valence electrons. The summed E-state index contributed by atoms with van der Waals surface area (Å²) in [5.74, 6) is -5.80. The molecule has 4 nitrogen and oxygen atoms in total. The van der Waals surface area contributed by atoms with Gasteiger partial charge in [-0.3, -0.25) is 9.59 Å². The lowest BCUT2D eigenvalue weighted by Gasteiger charge is -2.08. The minimum absolute atomic E-state index is 0.00360. The lowest BCUT2D eigenvalue weighted by molar-refractivity contribution is -0.120. The predicted octanol–water partition coefficient (Wildman–Crippen LogP) is 2.85. The smallest absolute Gasteiger partial charge is 0.254 e. The van der Waals surface area contributed by atoms with E-state index in [2.05, 4.69) is 10.6 Å². The zero-order valence-corrected chi connectivity index (χ0v) is 13.7. The van der Waals surface area contributed by atoms with Gasteiger partial charge < -0.3 is 10.6 Å². The molecule has 0 radical (unpaired) electrons. The monoisotopic (exact) mass is 370 g/mol. The summed E-state index contributed by atoms with van der Waals surface area (Å²) in [6.45, 7) is 0.104. The Hall–Kier alpha value is -2.54. The zero-order valence-electron chi connectivity index (χ0n) is 12.9. The summed E-state index contributed by atoms with van der Waals surface area (Å²) < 4.78 is 39.4. The third-order valence-corrected chi connectivity index (χ3v) is 3.54. The average molecular weight is 371 g/mol. The Morgan fingerprint density at radius 2 is 1.52 bits per heavy atom. The van der Waals surface area contributed by atoms with Crippen LogP contribution in [0.25, 0.3) is 0 Å². The Morgan fingerprint density at radius 1 is 0.880 bits per heavy atom. The summed E-state index contributed by atoms with van der Waals surface area (Å²) in [5.41, 5.74) is 0.168. The normalized spacial score (nSPS) is 10.4. The van der Waals surface area contributed by atoms with Crippen LogP contribution in [0.4, 0.5) is 13.2 Å². The van der Waals surface area contributed by atoms with E-state index >= 15 is 0 Å². The summed E-state index contributed by atoms with van der Waals surface area (Å²) in [5, 5.41) is 5.45. The molecule has 8 heteroatoms. The van der Waals surface area contributed by atoms with Crippen LogP contribution in [0.3, 0.4) is 0 Å². The van der Waals surface area contributed by atoms with Gasteiger partial charge in [0.2, 0.25) is 5.91 Å². The Kier molecular flexibility index (Phi) is 6.41. The maximum absolute atomic E-state index is 13.5. The number of carbonyl (C=O) groups is 2. The predicted molar refractivity (Wildman–Crippen MR) is 86.8 cm³/mol. The zero-order chi connectivity index (χ0) is 18.4. The van der Waals surface area contributed by atoms with Crippen molar-refractivity contribution < 1.29 is 22.8 Å². The standard InChI is InChI=1S/C17H14ClF3N2O2/c18-11-3-1-10(2-4-11)9-14(24)22-7-8-23-17(25)12-5-6-13(19)16(21)15(12)20/h1-6H,7-9H2,(H,22,24)(H,23,25). The van der Waals surface area contributed by atoms with E-state index in [9.17, 15) is 22.8 Å². The van der Waals surface area contributed by atoms with E-state index in [1.165, 1.54) is 0 Å². The van der Waals surface area contributed by atoms with E-state index in [1.54, 1.807) is 24.3 Å². The van der Waals surface area contributed by atoms with Crippen LogP contribution in [-0.2, 0) is 11.2 Å². The van der Waals surface area contributed by atoms with Crippen LogP contribution in [-0.4, -0.2) is 24.9 Å². The maximum atomic E-state index is 13.5. The third-order valence-electron chi connectivity index (χ3n) is 3.29. The molecule has 0 unspecified atom stereocenters. The first kappa shape index (κ1) is 18.8. The highest BCUT2D eigenvalue weighted by molar-refractivity contribution is 6.30. The van der Waals surface area contributed by atoms with E-state index in [4.69, 9.17) is 11.6 Å². The van der Waals surface area contributed by atoms with Gasteiger partial charge in [0.1, 0.15) is 0 Å². The lowest BCUT2D eigenvalue weighted by Crippen LogP contribution is -2.35. The van der Waals surface area contributed by atoms with Gasteiger partial charge in [0.05, 0.1) is 12.0 Å². The van der Waals surface area contributed by atoms with Gasteiger partial charge in [-0.15, -0.1) is 0 Å². The number of hydrogen-bond donors (Lipinski definition) is 2. The van der Waals surface area contributed by atoms with E-state index < -0.39 is 28.9 Å². The second-order valence-electron chi connectivity index (χ2n) is 5.13. The molecule has 2 aromatic carbocycles. The molecular weight excluding hydrogens is 357 g/mol. The molecule has 0 fully saturated rings. The van der Waals surface area contributed by atoms with Crippen LogP contribution >= 0.6 is 11.6 Å². The molecule has 25 heavy (non-hydrogen) atoms. The highest BCUT2D eigenvalue weighted by atomic mass is 35.5. The number of halogens is 4. The number of amides is 2. The van der Waals surface area contributed by atoms with Gasteiger partial charge in [0, 0.05) is 18.1 Å². The molecule has 0 spiro atoms. The highest BCUT2D eigenvalue weighted by Gasteiger charge is 2.18. The van der Waals surface area contributed by atoms with Crippen molar-refractivity contribution in [2.75, 3.05) is 13.1 Å². The third kappa shape index (κ3) is 5.22. The van der Waals surface area contributed by atoms with E-state index in [-0.39, 0.29) is 25.4 Å². The van der Waals surface area contributed by atoms with Gasteiger partial charge in [-0.25, -0.2) is 13.2 Å². The van der Waals surface area contributed by atoms with Gasteiger partial charge >= 0.3 is 0 Å². The van der Waals surface area contributed by atoms with Crippen molar-refractivity contribution in [3.8, 4) is 0 Å². The van der Waals surface area contributed by atoms with Crippen molar-refractivity contribution in [3.63, 3.8) is 0 Å². The quantitative estimate of drug-likeness (QED) is 0.607. The summed E-state index contributed by atoms with van der Waals surface area (Å²) >= 11 is 5.75. The van der Waals surface area contributed by atoms with Crippen molar-refractivity contribution in [3.05, 3.63) is 70.0 Å². The van der Waals surface area contributed by atoms with E-state index in [0.717, 1.165) is 11.6 Å². The van der Waals surface area contributed by atoms with Crippen LogP contribution in [0.15, 0.2) is 36.4 Å². The first-order chi connectivity index (χ1) is 11.9. The van der Waals surface area contributed by atoms with Crippen molar-refractivity contribution in [1.82, 2.24) is 10.6 Å². The molecule has 0 saturated heterocycles. The molecule has 0 aromatic heterocycles. The van der Waals surface area contributed by atoms with Gasteiger partial charge in [0.25, 0.3) is 5.91 Å². The summed E-state index contributed by atoms with van der Waals surface area (Å²) in [6.07, 6.45) is 0.142. The molecule has 0 saturated carbocycles. The first-order valence-corrected chi connectivity index (χ1v) is 7.69. The van der Waals surface area contributed by atoms with Gasteiger partial charge in [0.15, 0.2) is 17.5 Å². The number of rotatable bonds is 6. The fourth-order valence-electron chi connectivity index (χ4n) is 2.02. The van der Waals surface area contributed by atoms with Crippen molar-refractivity contribution in [1.29, 1.82) is 0 Å². The Labute approximate surface area is 147 Å². The largest absolute Gasteiger partial charge is 0.354 e. The fraction of sp³-hybridized carbons (Fsp3) is 0.176. The first-order valence-electron chi connectivity index (χ1n) is 7.31. The lowest BCUT2D eigenvalue weighted by atomic mass is 10.1. The SMILES string of the molecule is O=C(Cc1ccc(Cl)cc1)NCCNC(=O)c1ccc(F)c(F)c1F. The van der Waals surface area contributed by atoms with Crippen molar-refractivity contribution in [2.24, 2.45) is 0 Å². The topological polar surface area (TPSA) is 58.2 Å².